The van der Waals surface area contributed by atoms with Gasteiger partial charge in [-0.2, -0.15) is 0 Å². The lowest BCUT2D eigenvalue weighted by Crippen LogP contribution is -2.15. The van der Waals surface area contributed by atoms with Crippen molar-refractivity contribution in [3.63, 3.8) is 0 Å². The van der Waals surface area contributed by atoms with Gasteiger partial charge in [-0.3, -0.25) is 5.32 Å². The summed E-state index contributed by atoms with van der Waals surface area (Å²) in [5.74, 6) is 0.398. The van der Waals surface area contributed by atoms with Crippen LogP contribution < -0.4 is 11.1 Å². The summed E-state index contributed by atoms with van der Waals surface area (Å²) in [6.45, 7) is 2.59. The molecule has 4 N–H and O–H groups in total. The van der Waals surface area contributed by atoms with Gasteiger partial charge in [-0.1, -0.05) is 64.0 Å². The van der Waals surface area contributed by atoms with Gasteiger partial charge in [0.1, 0.15) is 22.9 Å². The standard InChI is InChI=1S/C22H31N5O3/c1-2-3-4-5-6-7-8-11-16-30-22(29)25-20-15-14-18(21(23)24-20)27-26-17-12-9-10-13-19(17)28/h9-10,12-15,28H,2-8,11,16H2,1H3,(H3,23,24,25,29)/b27-26+. The van der Waals surface area contributed by atoms with Crippen LogP contribution in [0.15, 0.2) is 46.6 Å². The van der Waals surface area contributed by atoms with E-state index in [1.807, 2.05) is 0 Å². The molecule has 0 aliphatic rings. The summed E-state index contributed by atoms with van der Waals surface area (Å²) in [4.78, 5) is 16.0. The fourth-order valence-electron chi connectivity index (χ4n) is 2.82. The molecule has 0 bridgehead atoms. The summed E-state index contributed by atoms with van der Waals surface area (Å²) < 4.78 is 5.18. The van der Waals surface area contributed by atoms with Crippen LogP contribution in [0.2, 0.25) is 0 Å². The van der Waals surface area contributed by atoms with Crippen LogP contribution in [0.3, 0.4) is 0 Å². The van der Waals surface area contributed by atoms with E-state index in [1.54, 1.807) is 30.3 Å². The Balaban J connectivity index is 1.71. The Morgan fingerprint density at radius 3 is 2.37 bits per heavy atom. The summed E-state index contributed by atoms with van der Waals surface area (Å²) in [5, 5.41) is 20.2. The lowest BCUT2D eigenvalue weighted by atomic mass is 10.1. The molecule has 0 aliphatic heterocycles. The Bertz CT molecular complexity index is 826. The van der Waals surface area contributed by atoms with Gasteiger partial charge >= 0.3 is 6.09 Å². The van der Waals surface area contributed by atoms with E-state index < -0.39 is 6.09 Å². The smallest absolute Gasteiger partial charge is 0.412 e. The number of azo groups is 1. The topological polar surface area (TPSA) is 122 Å². The number of unbranched alkanes of at least 4 members (excludes halogenated alkanes) is 7. The number of hydrogen-bond donors (Lipinski definition) is 3. The van der Waals surface area contributed by atoms with E-state index in [0.717, 1.165) is 12.8 Å². The third-order valence-electron chi connectivity index (χ3n) is 4.51. The molecular weight excluding hydrogens is 382 g/mol. The van der Waals surface area contributed by atoms with Crippen LogP contribution in [0.5, 0.6) is 5.75 Å². The quantitative estimate of drug-likeness (QED) is 0.272. The average Bonchev–Trinajstić information content (AvgIpc) is 2.73. The van der Waals surface area contributed by atoms with E-state index in [0.29, 0.717) is 18.0 Å². The lowest BCUT2D eigenvalue weighted by molar-refractivity contribution is 0.159. The van der Waals surface area contributed by atoms with Crippen molar-refractivity contribution in [1.82, 2.24) is 4.98 Å². The lowest BCUT2D eigenvalue weighted by Gasteiger charge is -2.07. The molecule has 1 aromatic heterocycles. The van der Waals surface area contributed by atoms with E-state index in [-0.39, 0.29) is 17.4 Å². The number of carbonyl (C=O) groups excluding carboxylic acids is 1. The second-order valence-corrected chi connectivity index (χ2v) is 7.03. The van der Waals surface area contributed by atoms with Crippen LogP contribution in [0.25, 0.3) is 0 Å². The maximum Gasteiger partial charge on any atom is 0.412 e. The van der Waals surface area contributed by atoms with Gasteiger partial charge in [0.25, 0.3) is 0 Å². The highest BCUT2D eigenvalue weighted by Crippen LogP contribution is 2.29. The summed E-state index contributed by atoms with van der Waals surface area (Å²) in [7, 11) is 0. The Morgan fingerprint density at radius 2 is 1.67 bits per heavy atom. The summed E-state index contributed by atoms with van der Waals surface area (Å²) in [6.07, 6.45) is 8.91. The molecule has 162 valence electrons. The fourth-order valence-corrected chi connectivity index (χ4v) is 2.82. The summed E-state index contributed by atoms with van der Waals surface area (Å²) >= 11 is 0. The zero-order chi connectivity index (χ0) is 21.6. The predicted octanol–water partition coefficient (Wildman–Crippen LogP) is 6.47. The third kappa shape index (κ3) is 8.46. The zero-order valence-electron chi connectivity index (χ0n) is 17.5. The van der Waals surface area contributed by atoms with Crippen LogP contribution in [0, 0.1) is 0 Å². The molecule has 0 saturated heterocycles. The van der Waals surface area contributed by atoms with Crippen molar-refractivity contribution >= 4 is 29.1 Å². The predicted molar refractivity (Wildman–Crippen MR) is 119 cm³/mol. The number of nitrogens with two attached hydrogens (primary N) is 1. The molecule has 1 aromatic carbocycles. The van der Waals surface area contributed by atoms with Crippen molar-refractivity contribution < 1.29 is 14.6 Å². The van der Waals surface area contributed by atoms with E-state index >= 15 is 0 Å². The van der Waals surface area contributed by atoms with Crippen molar-refractivity contribution in [2.75, 3.05) is 17.7 Å². The first kappa shape index (κ1) is 23.1. The average molecular weight is 414 g/mol. The Hall–Kier alpha value is -3.16. The molecule has 0 radical (unpaired) electrons. The zero-order valence-corrected chi connectivity index (χ0v) is 17.5. The highest BCUT2D eigenvalue weighted by Gasteiger charge is 2.07. The number of aromatic hydroxyl groups is 1. The van der Waals surface area contributed by atoms with Crippen LogP contribution in [-0.2, 0) is 4.74 Å². The van der Waals surface area contributed by atoms with Gasteiger partial charge < -0.3 is 15.6 Å². The number of anilines is 2. The van der Waals surface area contributed by atoms with Gasteiger partial charge in [0.15, 0.2) is 5.82 Å². The SMILES string of the molecule is CCCCCCCCCCOC(=O)Nc1ccc(/N=N/c2ccccc2O)c(N)n1. The Morgan fingerprint density at radius 1 is 1.00 bits per heavy atom. The number of pyridine rings is 1. The number of rotatable bonds is 12. The number of aromatic nitrogens is 1. The molecule has 2 aromatic rings. The molecule has 0 saturated carbocycles. The number of phenolic OH excluding ortho intramolecular Hbond substituents is 1. The summed E-state index contributed by atoms with van der Waals surface area (Å²) in [6, 6.07) is 9.72. The first-order valence-electron chi connectivity index (χ1n) is 10.5. The van der Waals surface area contributed by atoms with Crippen LogP contribution in [0.4, 0.5) is 27.8 Å². The molecule has 0 fully saturated rings. The maximum absolute atomic E-state index is 11.9. The molecule has 8 heteroatoms. The van der Waals surface area contributed by atoms with Gasteiger partial charge in [0, 0.05) is 0 Å². The van der Waals surface area contributed by atoms with Crippen molar-refractivity contribution in [3.05, 3.63) is 36.4 Å². The van der Waals surface area contributed by atoms with Crippen LogP contribution >= 0.6 is 0 Å². The van der Waals surface area contributed by atoms with Gasteiger partial charge in [-0.15, -0.1) is 10.2 Å². The van der Waals surface area contributed by atoms with Crippen molar-refractivity contribution in [2.24, 2.45) is 10.2 Å². The molecule has 1 heterocycles. The first-order chi connectivity index (χ1) is 14.6. The molecule has 8 nitrogen and oxygen atoms in total. The van der Waals surface area contributed by atoms with Gasteiger partial charge in [0.05, 0.1) is 6.61 Å². The van der Waals surface area contributed by atoms with E-state index in [2.05, 4.69) is 27.5 Å². The molecule has 0 atom stereocenters. The number of amides is 1. The monoisotopic (exact) mass is 413 g/mol. The Labute approximate surface area is 177 Å². The van der Waals surface area contributed by atoms with Crippen molar-refractivity contribution in [3.8, 4) is 5.75 Å². The number of benzene rings is 1. The molecule has 0 spiro atoms. The molecule has 1 amide bonds. The van der Waals surface area contributed by atoms with Crippen molar-refractivity contribution in [1.29, 1.82) is 0 Å². The van der Waals surface area contributed by atoms with Gasteiger partial charge in [-0.25, -0.2) is 9.78 Å². The minimum absolute atomic E-state index is 0.0188. The first-order valence-corrected chi connectivity index (χ1v) is 10.5. The number of nitrogens with zero attached hydrogens (tertiary/aromatic N) is 3. The normalized spacial score (nSPS) is 11.0. The number of hydrogen-bond acceptors (Lipinski definition) is 7. The maximum atomic E-state index is 11.9. The second-order valence-electron chi connectivity index (χ2n) is 7.03. The number of para-hydroxylation sites is 1. The minimum Gasteiger partial charge on any atom is -0.506 e. The van der Waals surface area contributed by atoms with Crippen LogP contribution in [0.1, 0.15) is 58.3 Å². The van der Waals surface area contributed by atoms with Crippen molar-refractivity contribution in [2.45, 2.75) is 58.3 Å². The minimum atomic E-state index is -0.562. The molecule has 2 rings (SSSR count). The van der Waals surface area contributed by atoms with Gasteiger partial charge in [0.2, 0.25) is 0 Å². The Kier molecular flexibility index (Phi) is 10.1. The number of carbonyl (C=O) groups is 1. The fraction of sp³-hybridized carbons (Fsp3) is 0.455. The van der Waals surface area contributed by atoms with E-state index in [1.165, 1.54) is 44.6 Å². The number of ether oxygens (including phenoxy) is 1. The largest absolute Gasteiger partial charge is 0.506 e. The molecule has 0 aliphatic carbocycles. The third-order valence-corrected chi connectivity index (χ3v) is 4.51. The summed E-state index contributed by atoms with van der Waals surface area (Å²) in [5.41, 5.74) is 6.53. The molecule has 30 heavy (non-hydrogen) atoms. The van der Waals surface area contributed by atoms with Crippen LogP contribution in [-0.4, -0.2) is 22.8 Å². The second kappa shape index (κ2) is 13.1. The number of nitrogen functional groups attached to an aromatic ring is 1. The van der Waals surface area contributed by atoms with Gasteiger partial charge in [-0.05, 0) is 30.7 Å². The molecule has 0 unspecified atom stereocenters. The number of nitrogens with one attached hydrogen (secondary N) is 1. The highest BCUT2D eigenvalue weighted by molar-refractivity contribution is 5.84. The number of phenols is 1. The highest BCUT2D eigenvalue weighted by atomic mass is 16.5. The molecular formula is C22H31N5O3. The van der Waals surface area contributed by atoms with E-state index in [4.69, 9.17) is 10.5 Å². The van der Waals surface area contributed by atoms with E-state index in [9.17, 15) is 9.90 Å².